The molecule has 2 aliphatic rings. The molecule has 194 valence electrons. The third kappa shape index (κ3) is 5.14. The van der Waals surface area contributed by atoms with Gasteiger partial charge in [0.05, 0.1) is 17.8 Å². The molecule has 7 heteroatoms. The summed E-state index contributed by atoms with van der Waals surface area (Å²) in [4.78, 5) is 19.9. The lowest BCUT2D eigenvalue weighted by molar-refractivity contribution is -0.116. The number of aromatic nitrogens is 2. The lowest BCUT2D eigenvalue weighted by atomic mass is 9.96. The van der Waals surface area contributed by atoms with Crippen molar-refractivity contribution >= 4 is 28.9 Å². The van der Waals surface area contributed by atoms with E-state index in [1.165, 1.54) is 42.6 Å². The molecule has 1 aromatic carbocycles. The second kappa shape index (κ2) is 10.7. The van der Waals surface area contributed by atoms with Crippen LogP contribution < -0.4 is 10.6 Å². The highest BCUT2D eigenvalue weighted by atomic mass is 32.1. The zero-order valence-electron chi connectivity index (χ0n) is 22.3. The average Bonchev–Trinajstić information content (AvgIpc) is 3.58. The van der Waals surface area contributed by atoms with Crippen LogP contribution in [-0.2, 0) is 4.79 Å². The SMILES string of the molecule is Cc1ccc(C)c(NC(=O)CCN2C(=S)N[C@@H](c3ccccn3)[C@H]2c2cc(C)n(C3CCCC3)c2C)c1. The Balaban J connectivity index is 1.43. The van der Waals surface area contributed by atoms with Crippen LogP contribution in [0.2, 0.25) is 0 Å². The number of anilines is 1. The van der Waals surface area contributed by atoms with Gasteiger partial charge in [0, 0.05) is 42.3 Å². The number of rotatable bonds is 7. The predicted octanol–water partition coefficient (Wildman–Crippen LogP) is 6.23. The van der Waals surface area contributed by atoms with Gasteiger partial charge < -0.3 is 20.1 Å². The largest absolute Gasteiger partial charge is 0.352 e. The van der Waals surface area contributed by atoms with Gasteiger partial charge in [0.25, 0.3) is 0 Å². The van der Waals surface area contributed by atoms with Gasteiger partial charge in [-0.3, -0.25) is 9.78 Å². The van der Waals surface area contributed by atoms with Crippen LogP contribution in [0.25, 0.3) is 0 Å². The molecule has 5 rings (SSSR count). The Morgan fingerprint density at radius 3 is 2.62 bits per heavy atom. The first-order chi connectivity index (χ1) is 17.8. The Morgan fingerprint density at radius 2 is 1.89 bits per heavy atom. The fourth-order valence-corrected chi connectivity index (χ4v) is 6.45. The standard InChI is InChI=1S/C30H37N5OS/c1-19-12-13-20(2)26(17-19)32-27(36)14-16-34-29(28(33-30(34)37)25-11-7-8-15-31-25)24-18-21(3)35(22(24)4)23-9-5-6-10-23/h7-8,11-13,15,17-18,23,28-29H,5-6,9-10,14,16H2,1-4H3,(H,32,36)(H,33,37)/t28-,29+/m0/s1. The van der Waals surface area contributed by atoms with Gasteiger partial charge in [-0.1, -0.05) is 31.0 Å². The van der Waals surface area contributed by atoms with E-state index in [1.807, 2.05) is 44.3 Å². The Bertz CT molecular complexity index is 1290. The second-order valence-electron chi connectivity index (χ2n) is 10.6. The third-order valence-corrected chi connectivity index (χ3v) is 8.33. The summed E-state index contributed by atoms with van der Waals surface area (Å²) in [5, 5.41) is 7.31. The molecule has 0 spiro atoms. The van der Waals surface area contributed by atoms with Gasteiger partial charge in [-0.15, -0.1) is 0 Å². The lowest BCUT2D eigenvalue weighted by Gasteiger charge is -2.28. The average molecular weight is 516 g/mol. The molecular weight excluding hydrogens is 478 g/mol. The molecule has 0 radical (unpaired) electrons. The molecule has 2 aromatic heterocycles. The maximum absolute atomic E-state index is 13.0. The van der Waals surface area contributed by atoms with E-state index < -0.39 is 0 Å². The summed E-state index contributed by atoms with van der Waals surface area (Å²) in [5.74, 6) is -0.00651. The van der Waals surface area contributed by atoms with E-state index in [9.17, 15) is 4.79 Å². The fourth-order valence-electron chi connectivity index (χ4n) is 6.12. The van der Waals surface area contributed by atoms with Crippen molar-refractivity contribution in [2.75, 3.05) is 11.9 Å². The zero-order chi connectivity index (χ0) is 26.1. The van der Waals surface area contributed by atoms with Crippen LogP contribution in [-0.4, -0.2) is 32.0 Å². The van der Waals surface area contributed by atoms with Crippen molar-refractivity contribution in [3.05, 3.63) is 82.4 Å². The second-order valence-corrected chi connectivity index (χ2v) is 11.0. The quantitative estimate of drug-likeness (QED) is 0.365. The molecule has 2 N–H and O–H groups in total. The van der Waals surface area contributed by atoms with Crippen molar-refractivity contribution in [3.63, 3.8) is 0 Å². The van der Waals surface area contributed by atoms with Crippen LogP contribution in [0.3, 0.4) is 0 Å². The maximum Gasteiger partial charge on any atom is 0.226 e. The summed E-state index contributed by atoms with van der Waals surface area (Å²) in [7, 11) is 0. The maximum atomic E-state index is 13.0. The minimum absolute atomic E-state index is 0.00651. The van der Waals surface area contributed by atoms with Crippen LogP contribution in [0.5, 0.6) is 0 Å². The van der Waals surface area contributed by atoms with Gasteiger partial charge in [0.2, 0.25) is 5.91 Å². The number of thiocarbonyl (C=S) groups is 1. The smallest absolute Gasteiger partial charge is 0.226 e. The highest BCUT2D eigenvalue weighted by Gasteiger charge is 2.41. The molecule has 1 aliphatic carbocycles. The Hall–Kier alpha value is -3.19. The summed E-state index contributed by atoms with van der Waals surface area (Å²) in [6, 6.07) is 14.9. The molecule has 0 bridgehead atoms. The first-order valence-corrected chi connectivity index (χ1v) is 13.8. The van der Waals surface area contributed by atoms with Crippen molar-refractivity contribution in [2.24, 2.45) is 0 Å². The molecule has 3 heterocycles. The number of pyridine rings is 1. The van der Waals surface area contributed by atoms with E-state index in [4.69, 9.17) is 12.2 Å². The number of hydrogen-bond donors (Lipinski definition) is 2. The Kier molecular flexibility index (Phi) is 7.33. The van der Waals surface area contributed by atoms with Crippen LogP contribution in [0.15, 0.2) is 48.7 Å². The molecule has 2 fully saturated rings. The molecule has 6 nitrogen and oxygen atoms in total. The van der Waals surface area contributed by atoms with Gasteiger partial charge in [-0.05, 0) is 93.7 Å². The van der Waals surface area contributed by atoms with Crippen LogP contribution in [0, 0.1) is 27.7 Å². The van der Waals surface area contributed by atoms with Crippen molar-refractivity contribution < 1.29 is 4.79 Å². The first-order valence-electron chi connectivity index (χ1n) is 13.4. The van der Waals surface area contributed by atoms with Crippen molar-refractivity contribution in [2.45, 2.75) is 77.9 Å². The van der Waals surface area contributed by atoms with Crippen LogP contribution in [0.1, 0.15) is 84.0 Å². The van der Waals surface area contributed by atoms with Crippen LogP contribution in [0.4, 0.5) is 5.69 Å². The number of carbonyl (C=O) groups is 1. The predicted molar refractivity (Wildman–Crippen MR) is 153 cm³/mol. The number of aryl methyl sites for hydroxylation is 3. The van der Waals surface area contributed by atoms with E-state index in [0.29, 0.717) is 24.1 Å². The van der Waals surface area contributed by atoms with Gasteiger partial charge in [0.1, 0.15) is 0 Å². The summed E-state index contributed by atoms with van der Waals surface area (Å²) in [6.45, 7) is 9.04. The number of nitrogens with zero attached hydrogens (tertiary/aromatic N) is 3. The number of carbonyl (C=O) groups excluding carboxylic acids is 1. The molecule has 1 saturated heterocycles. The number of hydrogen-bond acceptors (Lipinski definition) is 3. The molecule has 1 aliphatic heterocycles. The van der Waals surface area contributed by atoms with Gasteiger partial charge >= 0.3 is 0 Å². The highest BCUT2D eigenvalue weighted by Crippen LogP contribution is 2.43. The molecule has 2 atom stereocenters. The molecule has 1 amide bonds. The lowest BCUT2D eigenvalue weighted by Crippen LogP contribution is -2.33. The van der Waals surface area contributed by atoms with Crippen molar-refractivity contribution in [3.8, 4) is 0 Å². The van der Waals surface area contributed by atoms with Crippen molar-refractivity contribution in [1.29, 1.82) is 0 Å². The summed E-state index contributed by atoms with van der Waals surface area (Å²) < 4.78 is 2.53. The molecule has 1 saturated carbocycles. The molecule has 3 aromatic rings. The Labute approximate surface area is 225 Å². The molecular formula is C30H37N5OS. The van der Waals surface area contributed by atoms with Gasteiger partial charge in [-0.2, -0.15) is 0 Å². The number of amides is 1. The van der Waals surface area contributed by atoms with Crippen molar-refractivity contribution in [1.82, 2.24) is 19.8 Å². The molecule has 37 heavy (non-hydrogen) atoms. The minimum atomic E-state index is -0.0756. The molecule has 0 unspecified atom stereocenters. The first kappa shape index (κ1) is 25.5. The minimum Gasteiger partial charge on any atom is -0.352 e. The summed E-state index contributed by atoms with van der Waals surface area (Å²) in [5.41, 5.74) is 7.88. The highest BCUT2D eigenvalue weighted by molar-refractivity contribution is 7.80. The van der Waals surface area contributed by atoms with Gasteiger partial charge in [-0.25, -0.2) is 0 Å². The van der Waals surface area contributed by atoms with Gasteiger partial charge in [0.15, 0.2) is 5.11 Å². The Morgan fingerprint density at radius 1 is 1.11 bits per heavy atom. The van der Waals surface area contributed by atoms with E-state index >= 15 is 0 Å². The van der Waals surface area contributed by atoms with Crippen LogP contribution >= 0.6 is 12.2 Å². The fraction of sp³-hybridized carbons (Fsp3) is 0.433. The number of benzene rings is 1. The number of nitrogens with one attached hydrogen (secondary N) is 2. The van der Waals surface area contributed by atoms with E-state index in [0.717, 1.165) is 22.5 Å². The topological polar surface area (TPSA) is 62.2 Å². The normalized spacial score (nSPS) is 19.9. The third-order valence-electron chi connectivity index (χ3n) is 7.98. The van der Waals surface area contributed by atoms with E-state index in [-0.39, 0.29) is 18.0 Å². The monoisotopic (exact) mass is 515 g/mol. The zero-order valence-corrected chi connectivity index (χ0v) is 23.1. The summed E-state index contributed by atoms with van der Waals surface area (Å²) >= 11 is 5.85. The van der Waals surface area contributed by atoms with E-state index in [2.05, 4.69) is 57.1 Å². The van der Waals surface area contributed by atoms with E-state index in [1.54, 1.807) is 0 Å². The summed E-state index contributed by atoms with van der Waals surface area (Å²) in [6.07, 6.45) is 7.25.